The number of aromatic nitrogens is 2. The van der Waals surface area contributed by atoms with E-state index < -0.39 is 0 Å². The molecule has 1 N–H and O–H groups in total. The summed E-state index contributed by atoms with van der Waals surface area (Å²) in [6, 6.07) is 11.8. The van der Waals surface area contributed by atoms with E-state index in [0.29, 0.717) is 26.6 Å². The molecule has 31 heavy (non-hydrogen) atoms. The van der Waals surface area contributed by atoms with Gasteiger partial charge in [0.25, 0.3) is 5.56 Å². The Morgan fingerprint density at radius 3 is 2.61 bits per heavy atom. The fourth-order valence-electron chi connectivity index (χ4n) is 3.03. The van der Waals surface area contributed by atoms with Crippen LogP contribution in [0.5, 0.6) is 0 Å². The number of anilines is 1. The molecule has 0 aliphatic heterocycles. The number of carbonyl (C=O) groups is 1. The molecule has 4 rings (SSSR count). The number of thioether (sulfide) groups is 1. The molecule has 0 spiro atoms. The third-order valence-corrected chi connectivity index (χ3v) is 6.45. The Bertz CT molecular complexity index is 1320. The average Bonchev–Trinajstić information content (AvgIpc) is 3.21. The van der Waals surface area contributed by atoms with Gasteiger partial charge in [-0.15, -0.1) is 11.3 Å². The van der Waals surface area contributed by atoms with Crippen LogP contribution >= 0.6 is 23.1 Å². The highest BCUT2D eigenvalue weighted by Gasteiger charge is 2.15. The lowest BCUT2D eigenvalue weighted by molar-refractivity contribution is -0.113. The van der Waals surface area contributed by atoms with Crippen LogP contribution in [0.3, 0.4) is 0 Å². The van der Waals surface area contributed by atoms with Crippen molar-refractivity contribution < 1.29 is 13.6 Å². The number of carbonyl (C=O) groups excluding carboxylic acids is 1. The minimum Gasteiger partial charge on any atom is -0.325 e. The third kappa shape index (κ3) is 4.83. The van der Waals surface area contributed by atoms with E-state index in [4.69, 9.17) is 0 Å². The molecule has 0 atom stereocenters. The topological polar surface area (TPSA) is 64.0 Å². The van der Waals surface area contributed by atoms with Crippen molar-refractivity contribution in [3.63, 3.8) is 0 Å². The predicted octanol–water partition coefficient (Wildman–Crippen LogP) is 4.82. The fourth-order valence-corrected chi connectivity index (χ4v) is 4.61. The first kappa shape index (κ1) is 21.2. The van der Waals surface area contributed by atoms with Crippen molar-refractivity contribution in [2.45, 2.75) is 18.6 Å². The van der Waals surface area contributed by atoms with Gasteiger partial charge in [0.05, 0.1) is 17.8 Å². The number of fused-ring (bicyclic) bond motifs is 1. The Kier molecular flexibility index (Phi) is 6.15. The standard InChI is InChI=1S/C22H17F2N3O2S2/c1-13-10-16(24)6-7-17(13)25-19(28)12-31-22-26-18-8-9-30-20(18)21(29)27(22)11-14-2-4-15(23)5-3-14/h2-10H,11-12H2,1H3,(H,25,28). The van der Waals surface area contributed by atoms with Crippen LogP contribution in [-0.4, -0.2) is 21.2 Å². The summed E-state index contributed by atoms with van der Waals surface area (Å²) in [7, 11) is 0. The lowest BCUT2D eigenvalue weighted by atomic mass is 10.2. The molecule has 0 saturated heterocycles. The molecule has 2 aromatic heterocycles. The molecule has 9 heteroatoms. The molecular weight excluding hydrogens is 440 g/mol. The van der Waals surface area contributed by atoms with Crippen LogP contribution < -0.4 is 10.9 Å². The molecule has 0 bridgehead atoms. The zero-order chi connectivity index (χ0) is 22.0. The van der Waals surface area contributed by atoms with Crippen molar-refractivity contribution in [1.29, 1.82) is 0 Å². The van der Waals surface area contributed by atoms with Gasteiger partial charge in [-0.2, -0.15) is 0 Å². The minimum atomic E-state index is -0.372. The molecule has 0 fully saturated rings. The van der Waals surface area contributed by atoms with Gasteiger partial charge in [-0.25, -0.2) is 13.8 Å². The van der Waals surface area contributed by atoms with Crippen LogP contribution in [0, 0.1) is 18.6 Å². The Balaban J connectivity index is 1.57. The van der Waals surface area contributed by atoms with Gasteiger partial charge in [-0.05, 0) is 59.8 Å². The highest BCUT2D eigenvalue weighted by molar-refractivity contribution is 7.99. The second-order valence-electron chi connectivity index (χ2n) is 6.84. The Labute approximate surface area is 184 Å². The molecule has 2 heterocycles. The van der Waals surface area contributed by atoms with Gasteiger partial charge >= 0.3 is 0 Å². The molecule has 1 amide bonds. The van der Waals surface area contributed by atoms with Gasteiger partial charge in [0.1, 0.15) is 16.3 Å². The minimum absolute atomic E-state index is 0.0162. The van der Waals surface area contributed by atoms with E-state index in [-0.39, 0.29) is 35.4 Å². The van der Waals surface area contributed by atoms with E-state index in [1.165, 1.54) is 46.2 Å². The number of nitrogens with zero attached hydrogens (tertiary/aromatic N) is 2. The Morgan fingerprint density at radius 1 is 1.13 bits per heavy atom. The molecule has 4 aromatic rings. The van der Waals surface area contributed by atoms with E-state index >= 15 is 0 Å². The van der Waals surface area contributed by atoms with Gasteiger partial charge in [0.2, 0.25) is 5.91 Å². The molecule has 158 valence electrons. The summed E-state index contributed by atoms with van der Waals surface area (Å²) in [6.45, 7) is 1.92. The summed E-state index contributed by atoms with van der Waals surface area (Å²) < 4.78 is 28.5. The number of hydrogen-bond acceptors (Lipinski definition) is 5. The summed E-state index contributed by atoms with van der Waals surface area (Å²) >= 11 is 2.44. The van der Waals surface area contributed by atoms with Crippen molar-refractivity contribution in [2.24, 2.45) is 0 Å². The van der Waals surface area contributed by atoms with Gasteiger partial charge in [-0.1, -0.05) is 23.9 Å². The largest absolute Gasteiger partial charge is 0.325 e. The predicted molar refractivity (Wildman–Crippen MR) is 120 cm³/mol. The molecule has 0 radical (unpaired) electrons. The summed E-state index contributed by atoms with van der Waals surface area (Å²) in [5.41, 5.74) is 2.25. The van der Waals surface area contributed by atoms with Gasteiger partial charge < -0.3 is 5.32 Å². The second-order valence-corrected chi connectivity index (χ2v) is 8.70. The molecule has 0 aliphatic carbocycles. The summed E-state index contributed by atoms with van der Waals surface area (Å²) in [6.07, 6.45) is 0. The first-order valence-electron chi connectivity index (χ1n) is 9.32. The maximum Gasteiger partial charge on any atom is 0.272 e. The normalized spacial score (nSPS) is 11.1. The summed E-state index contributed by atoms with van der Waals surface area (Å²) in [5.74, 6) is -1.01. The van der Waals surface area contributed by atoms with E-state index in [1.54, 1.807) is 30.5 Å². The lowest BCUT2D eigenvalue weighted by Gasteiger charge is -2.13. The SMILES string of the molecule is Cc1cc(F)ccc1NC(=O)CSc1nc2ccsc2c(=O)n1Cc1ccc(F)cc1. The maximum atomic E-state index is 13.3. The number of amides is 1. The van der Waals surface area contributed by atoms with Gasteiger partial charge in [-0.3, -0.25) is 14.2 Å². The van der Waals surface area contributed by atoms with Crippen molar-refractivity contribution in [3.8, 4) is 0 Å². The first-order chi connectivity index (χ1) is 14.9. The van der Waals surface area contributed by atoms with Crippen molar-refractivity contribution in [2.75, 3.05) is 11.1 Å². The van der Waals surface area contributed by atoms with E-state index in [9.17, 15) is 18.4 Å². The van der Waals surface area contributed by atoms with Crippen LogP contribution in [0.4, 0.5) is 14.5 Å². The number of benzene rings is 2. The highest BCUT2D eigenvalue weighted by atomic mass is 32.2. The zero-order valence-electron chi connectivity index (χ0n) is 16.4. The van der Waals surface area contributed by atoms with E-state index in [2.05, 4.69) is 10.3 Å². The molecule has 0 aliphatic rings. The summed E-state index contributed by atoms with van der Waals surface area (Å²) in [5, 5.41) is 4.93. The van der Waals surface area contributed by atoms with Crippen molar-refractivity contribution >= 4 is 44.9 Å². The smallest absolute Gasteiger partial charge is 0.272 e. The number of halogens is 2. The van der Waals surface area contributed by atoms with Crippen molar-refractivity contribution in [3.05, 3.63) is 87.0 Å². The lowest BCUT2D eigenvalue weighted by Crippen LogP contribution is -2.24. The number of aryl methyl sites for hydroxylation is 1. The second kappa shape index (κ2) is 8.99. The van der Waals surface area contributed by atoms with Crippen LogP contribution in [0.15, 0.2) is 63.9 Å². The number of rotatable bonds is 6. The first-order valence-corrected chi connectivity index (χ1v) is 11.2. The molecule has 5 nitrogen and oxygen atoms in total. The average molecular weight is 458 g/mol. The monoisotopic (exact) mass is 457 g/mol. The number of thiophene rings is 1. The molecule has 2 aromatic carbocycles. The van der Waals surface area contributed by atoms with Crippen LogP contribution in [0.2, 0.25) is 0 Å². The van der Waals surface area contributed by atoms with Crippen molar-refractivity contribution in [1.82, 2.24) is 9.55 Å². The molecule has 0 saturated carbocycles. The molecule has 0 unspecified atom stereocenters. The third-order valence-electron chi connectivity index (χ3n) is 4.58. The molecular formula is C22H17F2N3O2S2. The fraction of sp³-hybridized carbons (Fsp3) is 0.136. The van der Waals surface area contributed by atoms with E-state index in [1.807, 2.05) is 0 Å². The van der Waals surface area contributed by atoms with E-state index in [0.717, 1.165) is 17.3 Å². The Hall–Kier alpha value is -3.04. The van der Waals surface area contributed by atoms with Crippen LogP contribution in [0.1, 0.15) is 11.1 Å². The zero-order valence-corrected chi connectivity index (χ0v) is 18.0. The Morgan fingerprint density at radius 2 is 1.87 bits per heavy atom. The van der Waals surface area contributed by atoms with Gasteiger partial charge in [0.15, 0.2) is 5.16 Å². The quantitative estimate of drug-likeness (QED) is 0.333. The maximum absolute atomic E-state index is 13.3. The van der Waals surface area contributed by atoms with Gasteiger partial charge in [0, 0.05) is 5.69 Å². The summed E-state index contributed by atoms with van der Waals surface area (Å²) in [4.78, 5) is 30.0. The number of hydrogen-bond donors (Lipinski definition) is 1. The number of nitrogens with one attached hydrogen (secondary N) is 1. The highest BCUT2D eigenvalue weighted by Crippen LogP contribution is 2.23. The van der Waals surface area contributed by atoms with Crippen LogP contribution in [-0.2, 0) is 11.3 Å². The van der Waals surface area contributed by atoms with Crippen LogP contribution in [0.25, 0.3) is 10.2 Å².